The molecule has 2 atom stereocenters. The smallest absolute Gasteiger partial charge is 0.225 e. The Labute approximate surface area is 154 Å². The summed E-state index contributed by atoms with van der Waals surface area (Å²) in [6, 6.07) is 9.41. The second-order valence-corrected chi connectivity index (χ2v) is 6.98. The second kappa shape index (κ2) is 9.14. The Morgan fingerprint density at radius 2 is 1.96 bits per heavy atom. The molecule has 0 bridgehead atoms. The third-order valence-corrected chi connectivity index (χ3v) is 5.26. The lowest BCUT2D eigenvalue weighted by molar-refractivity contribution is -0.150. The van der Waals surface area contributed by atoms with Crippen molar-refractivity contribution in [3.63, 3.8) is 0 Å². The fraction of sp³-hybridized carbons (Fsp3) is 0.600. The van der Waals surface area contributed by atoms with Crippen molar-refractivity contribution in [1.82, 2.24) is 9.80 Å². The highest BCUT2D eigenvalue weighted by molar-refractivity contribution is 5.79. The van der Waals surface area contributed by atoms with Gasteiger partial charge in [0, 0.05) is 32.5 Å². The molecule has 3 rings (SSSR count). The molecule has 0 saturated carbocycles. The summed E-state index contributed by atoms with van der Waals surface area (Å²) in [6.45, 7) is 2.01. The van der Waals surface area contributed by atoms with Gasteiger partial charge in [-0.05, 0) is 18.4 Å². The highest BCUT2D eigenvalue weighted by Gasteiger charge is 2.36. The van der Waals surface area contributed by atoms with Crippen molar-refractivity contribution in [1.29, 1.82) is 0 Å². The zero-order chi connectivity index (χ0) is 18.4. The third-order valence-electron chi connectivity index (χ3n) is 5.26. The van der Waals surface area contributed by atoms with E-state index in [4.69, 9.17) is 4.74 Å². The van der Waals surface area contributed by atoms with Gasteiger partial charge in [-0.15, -0.1) is 0 Å². The van der Waals surface area contributed by atoms with Crippen LogP contribution in [0.25, 0.3) is 0 Å². The Hall–Kier alpha value is -1.92. The lowest BCUT2D eigenvalue weighted by Gasteiger charge is -2.41. The van der Waals surface area contributed by atoms with Crippen LogP contribution in [0.4, 0.5) is 0 Å². The normalized spacial score (nSPS) is 24.4. The molecule has 2 heterocycles. The maximum Gasteiger partial charge on any atom is 0.225 e. The van der Waals surface area contributed by atoms with Crippen molar-refractivity contribution in [3.8, 4) is 0 Å². The Balaban J connectivity index is 1.68. The molecule has 0 aromatic heterocycles. The second-order valence-electron chi connectivity index (χ2n) is 6.98. The minimum absolute atomic E-state index is 0.0117. The summed E-state index contributed by atoms with van der Waals surface area (Å²) in [7, 11) is 0. The molecule has 6 heteroatoms. The van der Waals surface area contributed by atoms with Crippen molar-refractivity contribution < 1.29 is 19.4 Å². The lowest BCUT2D eigenvalue weighted by atomic mass is 9.98. The van der Waals surface area contributed by atoms with Crippen LogP contribution in [-0.2, 0) is 14.3 Å². The van der Waals surface area contributed by atoms with Crippen molar-refractivity contribution in [2.75, 3.05) is 32.8 Å². The van der Waals surface area contributed by atoms with E-state index in [1.165, 1.54) is 0 Å². The van der Waals surface area contributed by atoms with Crippen LogP contribution < -0.4 is 0 Å². The standard InChI is InChI=1S/C20H28N2O4/c23-15-17-20(16-7-3-1-4-8-16)22(13-14-26-17)19(25)10-12-21-11-6-2-5-9-18(21)24/h1,3-4,7-8,17,20,23H,2,5-6,9-15H2. The number of nitrogens with zero attached hydrogens (tertiary/aromatic N) is 2. The number of benzene rings is 1. The maximum absolute atomic E-state index is 12.9. The topological polar surface area (TPSA) is 70.1 Å². The van der Waals surface area contributed by atoms with Gasteiger partial charge >= 0.3 is 0 Å². The third kappa shape index (κ3) is 4.43. The van der Waals surface area contributed by atoms with E-state index in [1.807, 2.05) is 40.1 Å². The zero-order valence-corrected chi connectivity index (χ0v) is 15.2. The molecule has 1 aromatic rings. The summed E-state index contributed by atoms with van der Waals surface area (Å²) in [4.78, 5) is 28.7. The molecule has 0 aliphatic carbocycles. The van der Waals surface area contributed by atoms with Crippen molar-refractivity contribution in [2.24, 2.45) is 0 Å². The van der Waals surface area contributed by atoms with Crippen LogP contribution in [-0.4, -0.2) is 65.7 Å². The molecule has 6 nitrogen and oxygen atoms in total. The van der Waals surface area contributed by atoms with Gasteiger partial charge in [0.25, 0.3) is 0 Å². The Kier molecular flexibility index (Phi) is 6.63. The first-order valence-electron chi connectivity index (χ1n) is 9.55. The van der Waals surface area contributed by atoms with Gasteiger partial charge in [-0.25, -0.2) is 0 Å². The molecule has 1 aromatic carbocycles. The molecule has 26 heavy (non-hydrogen) atoms. The summed E-state index contributed by atoms with van der Waals surface area (Å²) in [5.41, 5.74) is 0.963. The zero-order valence-electron chi connectivity index (χ0n) is 15.2. The van der Waals surface area contributed by atoms with Crippen LogP contribution in [0, 0.1) is 0 Å². The van der Waals surface area contributed by atoms with Gasteiger partial charge < -0.3 is 19.6 Å². The number of morpholine rings is 1. The van der Waals surface area contributed by atoms with E-state index < -0.39 is 6.10 Å². The Bertz CT molecular complexity index is 607. The van der Waals surface area contributed by atoms with Crippen LogP contribution in [0.3, 0.4) is 0 Å². The van der Waals surface area contributed by atoms with Crippen LogP contribution in [0.1, 0.15) is 43.7 Å². The largest absolute Gasteiger partial charge is 0.394 e. The summed E-state index contributed by atoms with van der Waals surface area (Å²) >= 11 is 0. The van der Waals surface area contributed by atoms with Gasteiger partial charge in [0.05, 0.1) is 19.3 Å². The van der Waals surface area contributed by atoms with E-state index in [2.05, 4.69) is 0 Å². The van der Waals surface area contributed by atoms with Crippen molar-refractivity contribution in [2.45, 2.75) is 44.2 Å². The van der Waals surface area contributed by atoms with Crippen LogP contribution in [0.5, 0.6) is 0 Å². The summed E-state index contributed by atoms with van der Waals surface area (Å²) in [5.74, 6) is 0.169. The molecule has 2 saturated heterocycles. The Morgan fingerprint density at radius 1 is 1.15 bits per heavy atom. The molecule has 2 aliphatic rings. The van der Waals surface area contributed by atoms with E-state index in [9.17, 15) is 14.7 Å². The van der Waals surface area contributed by atoms with E-state index >= 15 is 0 Å². The molecule has 2 amide bonds. The van der Waals surface area contributed by atoms with Gasteiger partial charge in [-0.3, -0.25) is 9.59 Å². The van der Waals surface area contributed by atoms with Crippen molar-refractivity contribution in [3.05, 3.63) is 35.9 Å². The van der Waals surface area contributed by atoms with Gasteiger partial charge in [0.2, 0.25) is 11.8 Å². The first-order valence-corrected chi connectivity index (χ1v) is 9.55. The quantitative estimate of drug-likeness (QED) is 0.868. The van der Waals surface area contributed by atoms with Gasteiger partial charge in [-0.2, -0.15) is 0 Å². The van der Waals surface area contributed by atoms with Crippen LogP contribution >= 0.6 is 0 Å². The maximum atomic E-state index is 12.9. The number of carbonyl (C=O) groups is 2. The fourth-order valence-electron chi connectivity index (χ4n) is 3.86. The number of carbonyl (C=O) groups excluding carboxylic acids is 2. The molecule has 0 radical (unpaired) electrons. The summed E-state index contributed by atoms with van der Waals surface area (Å²) in [5, 5.41) is 9.71. The van der Waals surface area contributed by atoms with Gasteiger partial charge in [0.1, 0.15) is 6.10 Å². The minimum Gasteiger partial charge on any atom is -0.394 e. The van der Waals surface area contributed by atoms with E-state index in [1.54, 1.807) is 0 Å². The number of likely N-dealkylation sites (tertiary alicyclic amines) is 1. The van der Waals surface area contributed by atoms with Gasteiger partial charge in [0.15, 0.2) is 0 Å². The average Bonchev–Trinajstić information content (AvgIpc) is 2.90. The predicted molar refractivity (Wildman–Crippen MR) is 97.4 cm³/mol. The molecular formula is C20H28N2O4. The SMILES string of the molecule is O=C1CCCCCN1CCC(=O)N1CCOC(CO)C1c1ccccc1. The molecule has 2 fully saturated rings. The average molecular weight is 360 g/mol. The molecule has 142 valence electrons. The van der Waals surface area contributed by atoms with E-state index in [-0.39, 0.29) is 24.5 Å². The highest BCUT2D eigenvalue weighted by Crippen LogP contribution is 2.30. The molecule has 1 N–H and O–H groups in total. The number of amides is 2. The van der Waals surface area contributed by atoms with Crippen LogP contribution in [0.2, 0.25) is 0 Å². The van der Waals surface area contributed by atoms with Gasteiger partial charge in [-0.1, -0.05) is 36.8 Å². The first kappa shape index (κ1) is 18.9. The number of rotatable bonds is 5. The summed E-state index contributed by atoms with van der Waals surface area (Å²) < 4.78 is 5.69. The molecule has 2 unspecified atom stereocenters. The predicted octanol–water partition coefficient (Wildman–Crippen LogP) is 1.74. The first-order chi connectivity index (χ1) is 12.7. The van der Waals surface area contributed by atoms with Crippen molar-refractivity contribution >= 4 is 11.8 Å². The number of aliphatic hydroxyl groups excluding tert-OH is 1. The monoisotopic (exact) mass is 360 g/mol. The number of ether oxygens (including phenoxy) is 1. The number of aliphatic hydroxyl groups is 1. The fourth-order valence-corrected chi connectivity index (χ4v) is 3.86. The van der Waals surface area contributed by atoms with Crippen LogP contribution in [0.15, 0.2) is 30.3 Å². The molecule has 2 aliphatic heterocycles. The number of hydrogen-bond acceptors (Lipinski definition) is 4. The highest BCUT2D eigenvalue weighted by atomic mass is 16.5. The van der Waals surface area contributed by atoms with E-state index in [0.717, 1.165) is 31.4 Å². The minimum atomic E-state index is -0.421. The van der Waals surface area contributed by atoms with E-state index in [0.29, 0.717) is 32.5 Å². The Morgan fingerprint density at radius 3 is 2.73 bits per heavy atom. The molecule has 0 spiro atoms. The summed E-state index contributed by atoms with van der Waals surface area (Å²) in [6.07, 6.45) is 3.51. The lowest BCUT2D eigenvalue weighted by Crippen LogP contribution is -2.50. The molecular weight excluding hydrogens is 332 g/mol. The number of hydrogen-bond donors (Lipinski definition) is 1.